The van der Waals surface area contributed by atoms with E-state index in [2.05, 4.69) is 10.2 Å². The van der Waals surface area contributed by atoms with E-state index in [-0.39, 0.29) is 11.1 Å². The summed E-state index contributed by atoms with van der Waals surface area (Å²) in [5.74, 6) is 0.501. The van der Waals surface area contributed by atoms with E-state index in [1.54, 1.807) is 53.1 Å². The summed E-state index contributed by atoms with van der Waals surface area (Å²) in [5, 5.41) is 8.94. The van der Waals surface area contributed by atoms with Gasteiger partial charge < -0.3 is 9.47 Å². The Morgan fingerprint density at radius 3 is 2.59 bits per heavy atom. The Balaban J connectivity index is 1.58. The number of rotatable bonds is 5. The largest absolute Gasteiger partial charge is 0.494 e. The molecule has 2 aromatic carbocycles. The van der Waals surface area contributed by atoms with Crippen LogP contribution >= 0.6 is 0 Å². The molecule has 0 unspecified atom stereocenters. The van der Waals surface area contributed by atoms with E-state index >= 15 is 0 Å². The zero-order chi connectivity index (χ0) is 22.1. The first kappa shape index (κ1) is 19.6. The molecule has 0 spiro atoms. The van der Waals surface area contributed by atoms with Crippen LogP contribution in [0.5, 0.6) is 5.75 Å². The Morgan fingerprint density at radius 1 is 1.00 bits per heavy atom. The average Bonchev–Trinajstić information content (AvgIpc) is 3.49. The number of anilines is 1. The first-order valence-electron chi connectivity index (χ1n) is 9.98. The summed E-state index contributed by atoms with van der Waals surface area (Å²) in [6.45, 7) is 0.827. The minimum atomic E-state index is -0.391. The smallest absolute Gasteiger partial charge is 0.414 e. The highest BCUT2D eigenvalue weighted by molar-refractivity contribution is 5.89. The van der Waals surface area contributed by atoms with Gasteiger partial charge in [-0.05, 0) is 30.3 Å². The normalized spacial score (nSPS) is 13.3. The molecule has 0 radical (unpaired) electrons. The SMILES string of the molecule is COc1cc(N2CCOC2=O)ccc1-n1ccc(=O)c(-c2ccnn2-c2ccccc2)n1. The third-order valence-electron chi connectivity index (χ3n) is 5.18. The van der Waals surface area contributed by atoms with Crippen molar-refractivity contribution in [2.24, 2.45) is 0 Å². The predicted molar refractivity (Wildman–Crippen MR) is 118 cm³/mol. The second-order valence-electron chi connectivity index (χ2n) is 7.06. The topological polar surface area (TPSA) is 91.5 Å². The highest BCUT2D eigenvalue weighted by Crippen LogP contribution is 2.30. The molecule has 9 heteroatoms. The summed E-state index contributed by atoms with van der Waals surface area (Å²) in [7, 11) is 1.54. The van der Waals surface area contributed by atoms with Gasteiger partial charge >= 0.3 is 6.09 Å². The summed E-state index contributed by atoms with van der Waals surface area (Å²) < 4.78 is 13.8. The fourth-order valence-electron chi connectivity index (χ4n) is 3.63. The maximum Gasteiger partial charge on any atom is 0.414 e. The number of aromatic nitrogens is 4. The molecule has 0 saturated carbocycles. The van der Waals surface area contributed by atoms with Gasteiger partial charge in [-0.15, -0.1) is 0 Å². The summed E-state index contributed by atoms with van der Waals surface area (Å²) in [6.07, 6.45) is 2.82. The zero-order valence-electron chi connectivity index (χ0n) is 17.2. The summed E-state index contributed by atoms with van der Waals surface area (Å²) in [4.78, 5) is 26.1. The zero-order valence-corrected chi connectivity index (χ0v) is 17.2. The van der Waals surface area contributed by atoms with Crippen LogP contribution in [0.1, 0.15) is 0 Å². The summed E-state index contributed by atoms with van der Waals surface area (Å²) >= 11 is 0. The van der Waals surface area contributed by atoms with E-state index in [0.717, 1.165) is 5.69 Å². The Labute approximate surface area is 183 Å². The molecule has 0 aliphatic carbocycles. The van der Waals surface area contributed by atoms with Crippen molar-refractivity contribution in [3.8, 4) is 28.5 Å². The number of ether oxygens (including phenoxy) is 2. The maximum atomic E-state index is 12.7. The first-order chi connectivity index (χ1) is 15.7. The number of carbonyl (C=O) groups is 1. The fourth-order valence-corrected chi connectivity index (χ4v) is 3.63. The molecule has 1 fully saturated rings. The number of nitrogens with zero attached hydrogens (tertiary/aromatic N) is 5. The molecule has 4 aromatic rings. The quantitative estimate of drug-likeness (QED) is 0.484. The van der Waals surface area contributed by atoms with E-state index in [9.17, 15) is 9.59 Å². The highest BCUT2D eigenvalue weighted by atomic mass is 16.6. The Morgan fingerprint density at radius 2 is 1.84 bits per heavy atom. The van der Waals surface area contributed by atoms with E-state index in [1.165, 1.54) is 11.0 Å². The standard InChI is InChI=1S/C23H19N5O4/c1-31-21-15-17(26-13-14-32-23(26)30)7-8-18(21)27-12-10-20(29)22(25-27)19-9-11-24-28(19)16-5-3-2-4-6-16/h2-12,15H,13-14H2,1H3. The van der Waals surface area contributed by atoms with Crippen LogP contribution in [0.25, 0.3) is 22.8 Å². The van der Waals surface area contributed by atoms with Gasteiger partial charge in [-0.1, -0.05) is 18.2 Å². The van der Waals surface area contributed by atoms with Gasteiger partial charge in [0.25, 0.3) is 0 Å². The lowest BCUT2D eigenvalue weighted by molar-refractivity contribution is 0.181. The van der Waals surface area contributed by atoms with Crippen LogP contribution in [0.3, 0.4) is 0 Å². The molecule has 3 heterocycles. The molecule has 0 bridgehead atoms. The average molecular weight is 429 g/mol. The maximum absolute atomic E-state index is 12.7. The molecule has 1 aliphatic rings. The molecule has 0 atom stereocenters. The number of benzene rings is 2. The molecular weight excluding hydrogens is 410 g/mol. The van der Waals surface area contributed by atoms with E-state index < -0.39 is 6.09 Å². The van der Waals surface area contributed by atoms with Crippen LogP contribution in [-0.4, -0.2) is 45.9 Å². The van der Waals surface area contributed by atoms with Crippen LogP contribution in [0, 0.1) is 0 Å². The lowest BCUT2D eigenvalue weighted by Crippen LogP contribution is -2.23. The van der Waals surface area contributed by atoms with Crippen LogP contribution < -0.4 is 15.1 Å². The van der Waals surface area contributed by atoms with Crippen molar-refractivity contribution in [3.63, 3.8) is 0 Å². The van der Waals surface area contributed by atoms with Crippen molar-refractivity contribution < 1.29 is 14.3 Å². The summed E-state index contributed by atoms with van der Waals surface area (Å²) in [5.41, 5.74) is 2.71. The Kier molecular flexibility index (Phi) is 4.91. The van der Waals surface area contributed by atoms with Crippen LogP contribution in [-0.2, 0) is 4.74 Å². The highest BCUT2D eigenvalue weighted by Gasteiger charge is 2.24. The van der Waals surface area contributed by atoms with Gasteiger partial charge in [0, 0.05) is 18.3 Å². The Bertz CT molecular complexity index is 1350. The second-order valence-corrected chi connectivity index (χ2v) is 7.06. The van der Waals surface area contributed by atoms with E-state index in [1.807, 2.05) is 30.3 Å². The molecule has 1 saturated heterocycles. The molecule has 0 N–H and O–H groups in total. The molecular formula is C23H19N5O4. The van der Waals surface area contributed by atoms with Gasteiger partial charge in [0.2, 0.25) is 5.43 Å². The van der Waals surface area contributed by atoms with Crippen LogP contribution in [0.15, 0.2) is 77.9 Å². The number of hydrogen-bond acceptors (Lipinski definition) is 6. The number of cyclic esters (lactones) is 1. The van der Waals surface area contributed by atoms with Gasteiger partial charge in [0.1, 0.15) is 18.0 Å². The molecule has 1 amide bonds. The minimum Gasteiger partial charge on any atom is -0.494 e. The van der Waals surface area contributed by atoms with Crippen LogP contribution in [0.2, 0.25) is 0 Å². The van der Waals surface area contributed by atoms with Crippen LogP contribution in [0.4, 0.5) is 10.5 Å². The Hall–Kier alpha value is -4.40. The van der Waals surface area contributed by atoms with Crippen molar-refractivity contribution in [2.45, 2.75) is 0 Å². The summed E-state index contributed by atoms with van der Waals surface area (Å²) in [6, 6.07) is 18.1. The number of para-hydroxylation sites is 1. The lowest BCUT2D eigenvalue weighted by atomic mass is 10.2. The van der Waals surface area contributed by atoms with Crippen molar-refractivity contribution in [2.75, 3.05) is 25.2 Å². The van der Waals surface area contributed by atoms with E-state index in [4.69, 9.17) is 9.47 Å². The molecule has 32 heavy (non-hydrogen) atoms. The number of methoxy groups -OCH3 is 1. The van der Waals surface area contributed by atoms with E-state index in [0.29, 0.717) is 36.0 Å². The van der Waals surface area contributed by atoms with Crippen molar-refractivity contribution in [1.82, 2.24) is 19.6 Å². The number of carbonyl (C=O) groups excluding carboxylic acids is 1. The molecule has 1 aliphatic heterocycles. The third-order valence-corrected chi connectivity index (χ3v) is 5.18. The van der Waals surface area contributed by atoms with Gasteiger partial charge in [0.05, 0.1) is 36.9 Å². The molecule has 5 rings (SSSR count). The number of amides is 1. The lowest BCUT2D eigenvalue weighted by Gasteiger charge is -2.17. The molecule has 160 valence electrons. The minimum absolute atomic E-state index is 0.227. The number of hydrogen-bond donors (Lipinski definition) is 0. The van der Waals surface area contributed by atoms with Gasteiger partial charge in [0.15, 0.2) is 5.69 Å². The fraction of sp³-hybridized carbons (Fsp3) is 0.130. The monoisotopic (exact) mass is 429 g/mol. The third kappa shape index (κ3) is 3.39. The van der Waals surface area contributed by atoms with Gasteiger partial charge in [-0.2, -0.15) is 10.2 Å². The molecule has 2 aromatic heterocycles. The molecule has 9 nitrogen and oxygen atoms in total. The van der Waals surface area contributed by atoms with Crippen molar-refractivity contribution in [1.29, 1.82) is 0 Å². The predicted octanol–water partition coefficient (Wildman–Crippen LogP) is 3.05. The van der Waals surface area contributed by atoms with Crippen molar-refractivity contribution in [3.05, 3.63) is 83.3 Å². The van der Waals surface area contributed by atoms with Crippen molar-refractivity contribution >= 4 is 11.8 Å². The first-order valence-corrected chi connectivity index (χ1v) is 9.98. The second kappa shape index (κ2) is 8.03. The van der Waals surface area contributed by atoms with Gasteiger partial charge in [-0.25, -0.2) is 14.2 Å². The van der Waals surface area contributed by atoms with Gasteiger partial charge in [-0.3, -0.25) is 9.69 Å².